The molecule has 1 aliphatic carbocycles. The zero-order valence-corrected chi connectivity index (χ0v) is 12.0. The molecule has 0 amide bonds. The SMILES string of the molecule is CN1CC2(CCCCC2)CNc2cc(C(=O)O)ccc21. The molecule has 20 heavy (non-hydrogen) atoms. The molecule has 0 aromatic heterocycles. The predicted octanol–water partition coefficient (Wildman–Crippen LogP) is 3.20. The number of nitrogens with one attached hydrogen (secondary N) is 1. The number of carboxylic acid groups (broad SMARTS) is 1. The van der Waals surface area contributed by atoms with Gasteiger partial charge in [-0.1, -0.05) is 19.3 Å². The van der Waals surface area contributed by atoms with Crippen molar-refractivity contribution in [1.82, 2.24) is 0 Å². The molecule has 1 fully saturated rings. The van der Waals surface area contributed by atoms with Crippen molar-refractivity contribution in [3.05, 3.63) is 23.8 Å². The molecule has 2 N–H and O–H groups in total. The lowest BCUT2D eigenvalue weighted by molar-refractivity contribution is 0.0697. The smallest absolute Gasteiger partial charge is 0.335 e. The van der Waals surface area contributed by atoms with Crippen LogP contribution in [0.4, 0.5) is 11.4 Å². The topological polar surface area (TPSA) is 52.6 Å². The number of aromatic carboxylic acids is 1. The first kappa shape index (κ1) is 13.3. The summed E-state index contributed by atoms with van der Waals surface area (Å²) < 4.78 is 0. The maximum absolute atomic E-state index is 11.1. The van der Waals surface area contributed by atoms with Crippen molar-refractivity contribution in [2.45, 2.75) is 32.1 Å². The van der Waals surface area contributed by atoms with Crippen LogP contribution in [0, 0.1) is 5.41 Å². The second-order valence-corrected chi connectivity index (χ2v) is 6.31. The highest BCUT2D eigenvalue weighted by atomic mass is 16.4. The van der Waals surface area contributed by atoms with E-state index in [0.717, 1.165) is 24.5 Å². The van der Waals surface area contributed by atoms with E-state index in [2.05, 4.69) is 17.3 Å². The minimum absolute atomic E-state index is 0.343. The van der Waals surface area contributed by atoms with Gasteiger partial charge < -0.3 is 15.3 Å². The van der Waals surface area contributed by atoms with E-state index in [0.29, 0.717) is 11.0 Å². The van der Waals surface area contributed by atoms with E-state index in [-0.39, 0.29) is 0 Å². The third-order valence-electron chi connectivity index (χ3n) is 4.80. The van der Waals surface area contributed by atoms with Crippen molar-refractivity contribution >= 4 is 17.3 Å². The fourth-order valence-electron chi connectivity index (χ4n) is 3.71. The third kappa shape index (κ3) is 2.35. The Labute approximate surface area is 119 Å². The van der Waals surface area contributed by atoms with Gasteiger partial charge in [-0.3, -0.25) is 0 Å². The van der Waals surface area contributed by atoms with Crippen molar-refractivity contribution in [1.29, 1.82) is 0 Å². The number of hydrogen-bond donors (Lipinski definition) is 2. The first-order chi connectivity index (χ1) is 9.60. The number of benzene rings is 1. The maximum atomic E-state index is 11.1. The first-order valence-electron chi connectivity index (χ1n) is 7.42. The summed E-state index contributed by atoms with van der Waals surface area (Å²) in [4.78, 5) is 13.4. The standard InChI is InChI=1S/C16H22N2O2/c1-18-11-16(7-3-2-4-8-16)10-17-13-9-12(15(19)20)5-6-14(13)18/h5-6,9,17H,2-4,7-8,10-11H2,1H3,(H,19,20). The zero-order valence-electron chi connectivity index (χ0n) is 12.0. The van der Waals surface area contributed by atoms with Gasteiger partial charge in [-0.15, -0.1) is 0 Å². The van der Waals surface area contributed by atoms with Crippen LogP contribution in [-0.4, -0.2) is 31.2 Å². The molecule has 0 atom stereocenters. The highest BCUT2D eigenvalue weighted by Gasteiger charge is 2.35. The number of carbonyl (C=O) groups is 1. The lowest BCUT2D eigenvalue weighted by atomic mass is 9.74. The van der Waals surface area contributed by atoms with Crippen molar-refractivity contribution in [3.63, 3.8) is 0 Å². The summed E-state index contributed by atoms with van der Waals surface area (Å²) in [5, 5.41) is 12.6. The van der Waals surface area contributed by atoms with Crippen LogP contribution in [0.5, 0.6) is 0 Å². The third-order valence-corrected chi connectivity index (χ3v) is 4.80. The molecule has 4 nitrogen and oxygen atoms in total. The zero-order chi connectivity index (χ0) is 14.2. The van der Waals surface area contributed by atoms with Crippen LogP contribution >= 0.6 is 0 Å². The van der Waals surface area contributed by atoms with Crippen LogP contribution in [0.15, 0.2) is 18.2 Å². The summed E-state index contributed by atoms with van der Waals surface area (Å²) in [5.74, 6) is -0.867. The molecule has 1 heterocycles. The highest BCUT2D eigenvalue weighted by Crippen LogP contribution is 2.41. The van der Waals surface area contributed by atoms with E-state index in [4.69, 9.17) is 5.11 Å². The van der Waals surface area contributed by atoms with Crippen LogP contribution in [0.2, 0.25) is 0 Å². The molecule has 0 radical (unpaired) electrons. The van der Waals surface area contributed by atoms with E-state index in [1.54, 1.807) is 12.1 Å². The van der Waals surface area contributed by atoms with Crippen molar-refractivity contribution in [2.24, 2.45) is 5.41 Å². The molecular weight excluding hydrogens is 252 g/mol. The highest BCUT2D eigenvalue weighted by molar-refractivity contribution is 5.91. The summed E-state index contributed by atoms with van der Waals surface area (Å²) in [7, 11) is 2.11. The monoisotopic (exact) mass is 274 g/mol. The Bertz CT molecular complexity index is 521. The second-order valence-electron chi connectivity index (χ2n) is 6.31. The number of hydrogen-bond acceptors (Lipinski definition) is 3. The lowest BCUT2D eigenvalue weighted by Crippen LogP contribution is -2.40. The number of rotatable bonds is 1. The van der Waals surface area contributed by atoms with E-state index >= 15 is 0 Å². The van der Waals surface area contributed by atoms with Crippen molar-refractivity contribution in [3.8, 4) is 0 Å². The normalized spacial score (nSPS) is 20.9. The molecule has 2 aliphatic rings. The maximum Gasteiger partial charge on any atom is 0.335 e. The van der Waals surface area contributed by atoms with Gasteiger partial charge in [0.05, 0.1) is 16.9 Å². The molecule has 0 bridgehead atoms. The van der Waals surface area contributed by atoms with Gasteiger partial charge in [0, 0.05) is 25.6 Å². The van der Waals surface area contributed by atoms with Crippen LogP contribution in [0.3, 0.4) is 0 Å². The number of nitrogens with zero attached hydrogens (tertiary/aromatic N) is 1. The molecule has 0 saturated heterocycles. The van der Waals surface area contributed by atoms with Crippen molar-refractivity contribution in [2.75, 3.05) is 30.4 Å². The Morgan fingerprint density at radius 1 is 1.30 bits per heavy atom. The Balaban J connectivity index is 1.90. The summed E-state index contributed by atoms with van der Waals surface area (Å²) in [5.41, 5.74) is 2.76. The molecule has 0 unspecified atom stereocenters. The number of fused-ring (bicyclic) bond motifs is 1. The van der Waals surface area contributed by atoms with Gasteiger partial charge in [-0.25, -0.2) is 4.79 Å². The van der Waals surface area contributed by atoms with Gasteiger partial charge >= 0.3 is 5.97 Å². The summed E-state index contributed by atoms with van der Waals surface area (Å²) >= 11 is 0. The summed E-state index contributed by atoms with van der Waals surface area (Å²) in [6.07, 6.45) is 6.51. The van der Waals surface area contributed by atoms with E-state index in [9.17, 15) is 4.79 Å². The van der Waals surface area contributed by atoms with Gasteiger partial charge in [0.1, 0.15) is 0 Å². The minimum Gasteiger partial charge on any atom is -0.478 e. The van der Waals surface area contributed by atoms with Gasteiger partial charge in [-0.05, 0) is 31.0 Å². The van der Waals surface area contributed by atoms with Crippen LogP contribution in [0.25, 0.3) is 0 Å². The van der Waals surface area contributed by atoms with E-state index in [1.807, 2.05) is 6.07 Å². The molecule has 3 rings (SSSR count). The summed E-state index contributed by atoms with van der Waals surface area (Å²) in [6, 6.07) is 5.38. The molecule has 1 saturated carbocycles. The van der Waals surface area contributed by atoms with E-state index < -0.39 is 5.97 Å². The molecule has 1 aromatic rings. The second kappa shape index (κ2) is 5.00. The van der Waals surface area contributed by atoms with Crippen LogP contribution < -0.4 is 10.2 Å². The molecule has 1 aliphatic heterocycles. The van der Waals surface area contributed by atoms with Gasteiger partial charge in [-0.2, -0.15) is 0 Å². The number of anilines is 2. The lowest BCUT2D eigenvalue weighted by Gasteiger charge is -2.38. The molecule has 108 valence electrons. The average Bonchev–Trinajstić information content (AvgIpc) is 2.57. The molecular formula is C16H22N2O2. The van der Waals surface area contributed by atoms with Gasteiger partial charge in [0.15, 0.2) is 0 Å². The Kier molecular flexibility index (Phi) is 3.32. The fourth-order valence-corrected chi connectivity index (χ4v) is 3.71. The van der Waals surface area contributed by atoms with Gasteiger partial charge in [0.2, 0.25) is 0 Å². The van der Waals surface area contributed by atoms with Crippen LogP contribution in [-0.2, 0) is 0 Å². The van der Waals surface area contributed by atoms with E-state index in [1.165, 1.54) is 32.1 Å². The van der Waals surface area contributed by atoms with Gasteiger partial charge in [0.25, 0.3) is 0 Å². The minimum atomic E-state index is -0.867. The molecule has 1 aromatic carbocycles. The Morgan fingerprint density at radius 3 is 2.75 bits per heavy atom. The average molecular weight is 274 g/mol. The predicted molar refractivity (Wildman–Crippen MR) is 80.7 cm³/mol. The Morgan fingerprint density at radius 2 is 2.05 bits per heavy atom. The molecule has 4 heteroatoms. The van der Waals surface area contributed by atoms with Crippen molar-refractivity contribution < 1.29 is 9.90 Å². The molecule has 1 spiro atoms. The van der Waals surface area contributed by atoms with Crippen LogP contribution in [0.1, 0.15) is 42.5 Å². The number of carboxylic acids is 1. The quantitative estimate of drug-likeness (QED) is 0.825. The first-order valence-corrected chi connectivity index (χ1v) is 7.42. The largest absolute Gasteiger partial charge is 0.478 e. The Hall–Kier alpha value is -1.71. The summed E-state index contributed by atoms with van der Waals surface area (Å²) in [6.45, 7) is 2.01. The fraction of sp³-hybridized carbons (Fsp3) is 0.562.